The molecule has 0 fully saturated rings. The van der Waals surface area contributed by atoms with Gasteiger partial charge in [0.1, 0.15) is 0 Å². The van der Waals surface area contributed by atoms with Crippen molar-refractivity contribution in [3.05, 3.63) is 0 Å². The van der Waals surface area contributed by atoms with Crippen LogP contribution in [0.5, 0.6) is 0 Å². The Morgan fingerprint density at radius 2 is 2.00 bits per heavy atom. The Labute approximate surface area is 79.6 Å². The topological polar surface area (TPSA) is 89.4 Å². The molecule has 1 heterocycles. The van der Waals surface area contributed by atoms with Crippen LogP contribution in [0.15, 0.2) is 10.2 Å². The molecule has 0 aromatic heterocycles. The van der Waals surface area contributed by atoms with Crippen molar-refractivity contribution in [3.8, 4) is 12.1 Å². The van der Waals surface area contributed by atoms with Gasteiger partial charge in [0.2, 0.25) is 5.41 Å². The first kappa shape index (κ1) is 9.63. The van der Waals surface area contributed by atoms with E-state index in [9.17, 15) is 4.79 Å². The van der Waals surface area contributed by atoms with E-state index in [1.807, 2.05) is 0 Å². The van der Waals surface area contributed by atoms with Gasteiger partial charge in [0, 0.05) is 6.42 Å². The normalized spacial score (nSPS) is 17.2. The Morgan fingerprint density at radius 1 is 1.54 bits per heavy atom. The summed E-state index contributed by atoms with van der Waals surface area (Å²) in [6.45, 7) is 1.62. The van der Waals surface area contributed by atoms with Crippen molar-refractivity contribution in [2.24, 2.45) is 15.6 Å². The molecule has 0 saturated carbocycles. The van der Waals surface area contributed by atoms with Gasteiger partial charge in [-0.3, -0.25) is 4.79 Å². The molecule has 0 aromatic carbocycles. The van der Waals surface area contributed by atoms with Crippen LogP contribution in [0.4, 0.5) is 0 Å². The summed E-state index contributed by atoms with van der Waals surface area (Å²) < 4.78 is 0. The highest BCUT2D eigenvalue weighted by Crippen LogP contribution is 2.40. The summed E-state index contributed by atoms with van der Waals surface area (Å²) in [5.41, 5.74) is -2.60. The minimum Gasteiger partial charge on any atom is -0.278 e. The fourth-order valence-corrected chi connectivity index (χ4v) is 1.07. The molecule has 5 nitrogen and oxygen atoms in total. The first-order valence-corrected chi connectivity index (χ1v) is 3.82. The molecule has 0 amide bonds. The maximum absolute atomic E-state index is 10.9. The van der Waals surface area contributed by atoms with Gasteiger partial charge in [-0.25, -0.2) is 0 Å². The lowest BCUT2D eigenvalue weighted by atomic mass is 9.85. The van der Waals surface area contributed by atoms with Gasteiger partial charge in [-0.05, 0) is 18.5 Å². The summed E-state index contributed by atoms with van der Waals surface area (Å²) in [5, 5.41) is 23.6. The van der Waals surface area contributed by atoms with E-state index in [1.54, 1.807) is 19.1 Å². The van der Waals surface area contributed by atoms with E-state index in [4.69, 9.17) is 22.1 Å². The molecule has 0 bridgehead atoms. The highest BCUT2D eigenvalue weighted by atomic mass is 35.5. The Morgan fingerprint density at radius 3 is 2.23 bits per heavy atom. The smallest absolute Gasteiger partial charge is 0.256 e. The Hall–Kier alpha value is -1.46. The maximum atomic E-state index is 10.9. The second-order valence-corrected chi connectivity index (χ2v) is 3.34. The summed E-state index contributed by atoms with van der Waals surface area (Å²) in [6, 6.07) is 3.20. The van der Waals surface area contributed by atoms with Crippen LogP contribution in [0, 0.1) is 28.1 Å². The molecule has 0 N–H and O–H groups in total. The third-order valence-electron chi connectivity index (χ3n) is 1.76. The minimum absolute atomic E-state index is 0.0741. The van der Waals surface area contributed by atoms with Gasteiger partial charge in [-0.1, -0.05) is 0 Å². The lowest BCUT2D eigenvalue weighted by molar-refractivity contribution is -0.116. The summed E-state index contributed by atoms with van der Waals surface area (Å²) in [4.78, 5) is 10.9. The zero-order valence-corrected chi connectivity index (χ0v) is 7.54. The SMILES string of the molecule is CC1(CC(C#N)(C#N)C(=O)Cl)N=N1. The number of carbonyl (C=O) groups is 1. The largest absolute Gasteiger partial charge is 0.278 e. The van der Waals surface area contributed by atoms with Gasteiger partial charge >= 0.3 is 0 Å². The molecule has 0 unspecified atom stereocenters. The minimum atomic E-state index is -1.82. The molecular weight excluding hydrogens is 192 g/mol. The number of halogens is 1. The third kappa shape index (κ3) is 1.66. The summed E-state index contributed by atoms with van der Waals surface area (Å²) >= 11 is 5.17. The van der Waals surface area contributed by atoms with Gasteiger partial charge < -0.3 is 0 Å². The van der Waals surface area contributed by atoms with Crippen molar-refractivity contribution in [1.29, 1.82) is 10.5 Å². The van der Waals surface area contributed by atoms with Crippen LogP contribution in [0.25, 0.3) is 0 Å². The Bertz CT molecular complexity index is 342. The molecule has 0 aliphatic carbocycles. The van der Waals surface area contributed by atoms with Crippen LogP contribution in [0.3, 0.4) is 0 Å². The zero-order chi connectivity index (χ0) is 10.1. The number of nitriles is 2. The number of rotatable bonds is 3. The van der Waals surface area contributed by atoms with Crippen LogP contribution < -0.4 is 0 Å². The van der Waals surface area contributed by atoms with Gasteiger partial charge in [0.25, 0.3) is 5.24 Å². The third-order valence-corrected chi connectivity index (χ3v) is 2.08. The van der Waals surface area contributed by atoms with E-state index in [0.717, 1.165) is 0 Å². The van der Waals surface area contributed by atoms with Gasteiger partial charge in [-0.2, -0.15) is 20.8 Å². The molecule has 0 aromatic rings. The van der Waals surface area contributed by atoms with E-state index < -0.39 is 16.3 Å². The standard InChI is InChI=1S/C7H5ClN4O/c1-6(11-12-6)2-7(3-9,4-10)5(8)13/h2H2,1H3. The average molecular weight is 197 g/mol. The van der Waals surface area contributed by atoms with Gasteiger partial charge in [0.05, 0.1) is 12.1 Å². The molecule has 6 heteroatoms. The van der Waals surface area contributed by atoms with Crippen molar-refractivity contribution in [1.82, 2.24) is 0 Å². The first-order chi connectivity index (χ1) is 5.98. The van der Waals surface area contributed by atoms with Crippen molar-refractivity contribution in [2.45, 2.75) is 19.0 Å². The molecule has 13 heavy (non-hydrogen) atoms. The molecule has 0 spiro atoms. The van der Waals surface area contributed by atoms with E-state index in [0.29, 0.717) is 0 Å². The maximum Gasteiger partial charge on any atom is 0.256 e. The van der Waals surface area contributed by atoms with E-state index in [-0.39, 0.29) is 6.42 Å². The lowest BCUT2D eigenvalue weighted by Crippen LogP contribution is -2.29. The molecule has 1 rings (SSSR count). The zero-order valence-electron chi connectivity index (χ0n) is 6.78. The van der Waals surface area contributed by atoms with Crippen LogP contribution in [-0.2, 0) is 4.79 Å². The molecule has 0 atom stereocenters. The van der Waals surface area contributed by atoms with E-state index in [2.05, 4.69) is 10.2 Å². The van der Waals surface area contributed by atoms with Crippen LogP contribution in [-0.4, -0.2) is 10.9 Å². The van der Waals surface area contributed by atoms with E-state index in [1.165, 1.54) is 0 Å². The fourth-order valence-electron chi connectivity index (χ4n) is 0.920. The van der Waals surface area contributed by atoms with Crippen molar-refractivity contribution >= 4 is 16.8 Å². The first-order valence-electron chi connectivity index (χ1n) is 3.44. The molecule has 0 radical (unpaired) electrons. The van der Waals surface area contributed by atoms with Crippen LogP contribution in [0.2, 0.25) is 0 Å². The number of nitrogens with zero attached hydrogens (tertiary/aromatic N) is 4. The molecule has 1 aliphatic rings. The number of hydrogen-bond acceptors (Lipinski definition) is 5. The Balaban J connectivity index is 2.87. The quantitative estimate of drug-likeness (QED) is 0.638. The summed E-state index contributed by atoms with van der Waals surface area (Å²) in [5.74, 6) is 0. The van der Waals surface area contributed by atoms with Crippen LogP contribution in [0.1, 0.15) is 13.3 Å². The fraction of sp³-hybridized carbons (Fsp3) is 0.571. The highest BCUT2D eigenvalue weighted by molar-refractivity contribution is 6.65. The average Bonchev–Trinajstić information content (AvgIpc) is 2.80. The highest BCUT2D eigenvalue weighted by Gasteiger charge is 2.49. The monoisotopic (exact) mass is 196 g/mol. The summed E-state index contributed by atoms with van der Waals surface area (Å²) in [7, 11) is 0. The second kappa shape index (κ2) is 2.79. The van der Waals surface area contributed by atoms with Gasteiger partial charge in [0.15, 0.2) is 5.66 Å². The van der Waals surface area contributed by atoms with Crippen molar-refractivity contribution in [3.63, 3.8) is 0 Å². The Kier molecular flexibility index (Phi) is 2.07. The van der Waals surface area contributed by atoms with Crippen molar-refractivity contribution < 1.29 is 4.79 Å². The molecule has 0 saturated heterocycles. The predicted molar refractivity (Wildman–Crippen MR) is 42.4 cm³/mol. The van der Waals surface area contributed by atoms with Crippen molar-refractivity contribution in [2.75, 3.05) is 0 Å². The van der Waals surface area contributed by atoms with E-state index >= 15 is 0 Å². The summed E-state index contributed by atoms with van der Waals surface area (Å²) in [6.07, 6.45) is -0.0741. The van der Waals surface area contributed by atoms with Gasteiger partial charge in [-0.15, -0.1) is 0 Å². The lowest BCUT2D eigenvalue weighted by Gasteiger charge is -2.14. The van der Waals surface area contributed by atoms with Crippen LogP contribution >= 0.6 is 11.6 Å². The number of hydrogen-bond donors (Lipinski definition) is 0. The molecular formula is C7H5ClN4O. The predicted octanol–water partition coefficient (Wildman–Crippen LogP) is 1.36. The second-order valence-electron chi connectivity index (χ2n) is 3.00. The molecule has 66 valence electrons. The molecule has 1 aliphatic heterocycles. The number of carbonyl (C=O) groups excluding carboxylic acids is 1.